The van der Waals surface area contributed by atoms with Crippen LogP contribution in [0.5, 0.6) is 5.75 Å². The molecule has 0 unspecified atom stereocenters. The van der Waals surface area contributed by atoms with E-state index in [1.807, 2.05) is 18.2 Å². The van der Waals surface area contributed by atoms with E-state index in [2.05, 4.69) is 21.6 Å². The van der Waals surface area contributed by atoms with Crippen molar-refractivity contribution in [2.75, 3.05) is 50.0 Å². The minimum atomic E-state index is -3.65. The van der Waals surface area contributed by atoms with E-state index in [9.17, 15) is 8.42 Å². The number of ether oxygens (including phenoxy) is 1. The number of para-hydroxylation sites is 2. The number of sulfonamides is 1. The first-order chi connectivity index (χ1) is 12.0. The van der Waals surface area contributed by atoms with Gasteiger partial charge >= 0.3 is 0 Å². The number of methoxy groups -OCH3 is 1. The summed E-state index contributed by atoms with van der Waals surface area (Å²) in [4.78, 5) is 4.69. The normalized spacial score (nSPS) is 15.2. The first-order valence-electron chi connectivity index (χ1n) is 8.19. The van der Waals surface area contributed by atoms with Gasteiger partial charge < -0.3 is 14.5 Å². The van der Waals surface area contributed by atoms with Gasteiger partial charge in [0.2, 0.25) is 0 Å². The summed E-state index contributed by atoms with van der Waals surface area (Å²) in [6.45, 7) is 3.66. The van der Waals surface area contributed by atoms with Gasteiger partial charge in [0, 0.05) is 26.2 Å². The molecule has 26 heavy (non-hydrogen) atoms. The number of piperazine rings is 1. The van der Waals surface area contributed by atoms with Crippen LogP contribution >= 0.6 is 12.4 Å². The highest BCUT2D eigenvalue weighted by molar-refractivity contribution is 7.92. The van der Waals surface area contributed by atoms with Crippen LogP contribution in [0.2, 0.25) is 0 Å². The van der Waals surface area contributed by atoms with Crippen LogP contribution in [0, 0.1) is 0 Å². The second kappa shape index (κ2) is 8.62. The van der Waals surface area contributed by atoms with E-state index in [0.717, 1.165) is 31.9 Å². The largest absolute Gasteiger partial charge is 0.497 e. The predicted molar refractivity (Wildman–Crippen MR) is 107 cm³/mol. The highest BCUT2D eigenvalue weighted by atomic mass is 35.5. The van der Waals surface area contributed by atoms with Gasteiger partial charge in [-0.2, -0.15) is 0 Å². The van der Waals surface area contributed by atoms with Crippen molar-refractivity contribution in [1.82, 2.24) is 4.90 Å². The van der Waals surface area contributed by atoms with Crippen molar-refractivity contribution >= 4 is 33.8 Å². The quantitative estimate of drug-likeness (QED) is 0.840. The van der Waals surface area contributed by atoms with E-state index in [1.165, 1.54) is 0 Å². The molecule has 1 aliphatic rings. The summed E-state index contributed by atoms with van der Waals surface area (Å²) >= 11 is 0. The summed E-state index contributed by atoms with van der Waals surface area (Å²) in [7, 11) is -0.0103. The zero-order chi connectivity index (χ0) is 17.9. The molecule has 0 aliphatic carbocycles. The molecule has 1 N–H and O–H groups in total. The summed E-state index contributed by atoms with van der Waals surface area (Å²) in [6.07, 6.45) is 0. The van der Waals surface area contributed by atoms with Gasteiger partial charge in [-0.15, -0.1) is 12.4 Å². The Labute approximate surface area is 161 Å². The maximum atomic E-state index is 12.7. The van der Waals surface area contributed by atoms with Crippen molar-refractivity contribution in [3.05, 3.63) is 48.5 Å². The van der Waals surface area contributed by atoms with Gasteiger partial charge in [0.15, 0.2) is 0 Å². The van der Waals surface area contributed by atoms with Crippen molar-refractivity contribution in [2.24, 2.45) is 0 Å². The average Bonchev–Trinajstić information content (AvgIpc) is 2.63. The van der Waals surface area contributed by atoms with E-state index in [-0.39, 0.29) is 17.3 Å². The maximum absolute atomic E-state index is 12.7. The number of rotatable bonds is 5. The number of hydrogen-bond acceptors (Lipinski definition) is 5. The van der Waals surface area contributed by atoms with Crippen molar-refractivity contribution in [3.63, 3.8) is 0 Å². The molecule has 142 valence electrons. The van der Waals surface area contributed by atoms with Crippen LogP contribution in [-0.4, -0.2) is 53.7 Å². The van der Waals surface area contributed by atoms with Crippen molar-refractivity contribution in [2.45, 2.75) is 4.90 Å². The highest BCUT2D eigenvalue weighted by Crippen LogP contribution is 2.29. The first kappa shape index (κ1) is 20.4. The SMILES string of the molecule is COc1ccc(S(=O)(=O)Nc2ccccc2N2CCN(C)CC2)cc1.Cl. The minimum absolute atomic E-state index is 0. The molecular formula is C18H24ClN3O3S. The van der Waals surface area contributed by atoms with E-state index in [4.69, 9.17) is 4.74 Å². The standard InChI is InChI=1S/C18H23N3O3S.ClH/c1-20-11-13-21(14-12-20)18-6-4-3-5-17(18)19-25(22,23)16-9-7-15(24-2)8-10-16;/h3-10,19H,11-14H2,1-2H3;1H. The second-order valence-corrected chi connectivity index (χ2v) is 7.77. The number of likely N-dealkylation sites (N-methyl/N-ethyl adjacent to an activating group) is 1. The zero-order valence-electron chi connectivity index (χ0n) is 14.9. The van der Waals surface area contributed by atoms with E-state index in [1.54, 1.807) is 37.4 Å². The molecule has 2 aromatic carbocycles. The van der Waals surface area contributed by atoms with Gasteiger partial charge in [0.25, 0.3) is 10.0 Å². The minimum Gasteiger partial charge on any atom is -0.497 e. The molecule has 0 spiro atoms. The Kier molecular flexibility index (Phi) is 6.75. The molecule has 6 nitrogen and oxygen atoms in total. The molecule has 0 amide bonds. The number of halogens is 1. The molecule has 2 aromatic rings. The molecule has 1 aliphatic heterocycles. The third kappa shape index (κ3) is 4.60. The van der Waals surface area contributed by atoms with Crippen LogP contribution in [0.15, 0.2) is 53.4 Å². The smallest absolute Gasteiger partial charge is 0.261 e. The molecule has 0 saturated carbocycles. The number of anilines is 2. The first-order valence-corrected chi connectivity index (χ1v) is 9.67. The molecule has 3 rings (SSSR count). The van der Waals surface area contributed by atoms with Crippen molar-refractivity contribution < 1.29 is 13.2 Å². The van der Waals surface area contributed by atoms with Crippen molar-refractivity contribution in [1.29, 1.82) is 0 Å². The fourth-order valence-corrected chi connectivity index (χ4v) is 3.92. The van der Waals surface area contributed by atoms with Gasteiger partial charge in [-0.05, 0) is 43.4 Å². The van der Waals surface area contributed by atoms with Crippen molar-refractivity contribution in [3.8, 4) is 5.75 Å². The number of nitrogens with one attached hydrogen (secondary N) is 1. The van der Waals surface area contributed by atoms with E-state index < -0.39 is 10.0 Å². The Balaban J connectivity index is 0.00000243. The predicted octanol–water partition coefficient (Wildman–Crippen LogP) is 2.67. The number of benzene rings is 2. The molecule has 0 atom stereocenters. The number of nitrogens with zero attached hydrogens (tertiary/aromatic N) is 2. The summed E-state index contributed by atoms with van der Waals surface area (Å²) in [6, 6.07) is 13.9. The van der Waals surface area contributed by atoms with Gasteiger partial charge in [-0.25, -0.2) is 8.42 Å². The Morgan fingerprint density at radius 1 is 0.962 bits per heavy atom. The van der Waals surface area contributed by atoms with Crippen LogP contribution in [0.25, 0.3) is 0 Å². The molecule has 0 bridgehead atoms. The van der Waals surface area contributed by atoms with Crippen LogP contribution in [0.4, 0.5) is 11.4 Å². The Bertz CT molecular complexity index is 820. The van der Waals surface area contributed by atoms with Crippen LogP contribution < -0.4 is 14.4 Å². The van der Waals surface area contributed by atoms with Crippen LogP contribution in [0.1, 0.15) is 0 Å². The lowest BCUT2D eigenvalue weighted by Crippen LogP contribution is -2.44. The average molecular weight is 398 g/mol. The summed E-state index contributed by atoms with van der Waals surface area (Å²) in [5.41, 5.74) is 1.51. The molecule has 0 aromatic heterocycles. The Morgan fingerprint density at radius 3 is 2.19 bits per heavy atom. The fraction of sp³-hybridized carbons (Fsp3) is 0.333. The van der Waals surface area contributed by atoms with Gasteiger partial charge in [0.05, 0.1) is 23.4 Å². The lowest BCUT2D eigenvalue weighted by Gasteiger charge is -2.35. The van der Waals surface area contributed by atoms with Crippen LogP contribution in [-0.2, 0) is 10.0 Å². The number of hydrogen-bond donors (Lipinski definition) is 1. The highest BCUT2D eigenvalue weighted by Gasteiger charge is 2.20. The zero-order valence-corrected chi connectivity index (χ0v) is 16.5. The molecular weight excluding hydrogens is 374 g/mol. The summed E-state index contributed by atoms with van der Waals surface area (Å²) in [5, 5.41) is 0. The third-order valence-corrected chi connectivity index (χ3v) is 5.74. The third-order valence-electron chi connectivity index (χ3n) is 4.36. The maximum Gasteiger partial charge on any atom is 0.261 e. The van der Waals surface area contributed by atoms with Gasteiger partial charge in [0.1, 0.15) is 5.75 Å². The Hall–Kier alpha value is -1.96. The molecule has 1 fully saturated rings. The fourth-order valence-electron chi connectivity index (χ4n) is 2.84. The topological polar surface area (TPSA) is 61.9 Å². The van der Waals surface area contributed by atoms with E-state index >= 15 is 0 Å². The lowest BCUT2D eigenvalue weighted by molar-refractivity contribution is 0.313. The molecule has 8 heteroatoms. The van der Waals surface area contributed by atoms with Gasteiger partial charge in [-0.3, -0.25) is 4.72 Å². The second-order valence-electron chi connectivity index (χ2n) is 6.09. The monoisotopic (exact) mass is 397 g/mol. The summed E-state index contributed by atoms with van der Waals surface area (Å²) < 4.78 is 33.2. The lowest BCUT2D eigenvalue weighted by atomic mass is 10.2. The summed E-state index contributed by atoms with van der Waals surface area (Å²) in [5.74, 6) is 0.622. The molecule has 1 saturated heterocycles. The van der Waals surface area contributed by atoms with E-state index in [0.29, 0.717) is 11.4 Å². The molecule has 1 heterocycles. The van der Waals surface area contributed by atoms with Crippen LogP contribution in [0.3, 0.4) is 0 Å². The molecule has 0 radical (unpaired) electrons. The van der Waals surface area contributed by atoms with Gasteiger partial charge in [-0.1, -0.05) is 12.1 Å². The Morgan fingerprint density at radius 2 is 1.58 bits per heavy atom.